The van der Waals surface area contributed by atoms with Gasteiger partial charge in [-0.2, -0.15) is 0 Å². The highest BCUT2D eigenvalue weighted by Crippen LogP contribution is 2.22. The fourth-order valence-electron chi connectivity index (χ4n) is 4.04. The molecule has 0 spiro atoms. The molecule has 0 aromatic heterocycles. The van der Waals surface area contributed by atoms with Gasteiger partial charge in [-0.1, -0.05) is 29.8 Å². The average molecular weight is 423 g/mol. The molecule has 0 bridgehead atoms. The number of nitrogens with one attached hydrogen (secondary N) is 2. The van der Waals surface area contributed by atoms with Crippen molar-refractivity contribution in [3.63, 3.8) is 0 Å². The molecule has 2 heterocycles. The minimum absolute atomic E-state index is 0. The van der Waals surface area contributed by atoms with Crippen molar-refractivity contribution in [2.75, 3.05) is 32.7 Å². The number of aryl methyl sites for hydroxylation is 1. The Morgan fingerprint density at radius 1 is 1.24 bits per heavy atom. The molecule has 2 aliphatic heterocycles. The molecule has 160 valence electrons. The molecule has 2 aliphatic rings. The van der Waals surface area contributed by atoms with Gasteiger partial charge in [-0.05, 0) is 25.3 Å². The van der Waals surface area contributed by atoms with E-state index < -0.39 is 0 Å². The van der Waals surface area contributed by atoms with Crippen molar-refractivity contribution >= 4 is 30.1 Å². The van der Waals surface area contributed by atoms with E-state index in [1.807, 2.05) is 41.0 Å². The summed E-state index contributed by atoms with van der Waals surface area (Å²) in [4.78, 5) is 40.6. The molecule has 2 N–H and O–H groups in total. The molecule has 29 heavy (non-hydrogen) atoms. The highest BCUT2D eigenvalue weighted by Gasteiger charge is 2.32. The first-order chi connectivity index (χ1) is 13.4. The number of nitrogens with zero attached hydrogens (tertiary/aromatic N) is 2. The van der Waals surface area contributed by atoms with E-state index in [-0.39, 0.29) is 48.6 Å². The molecule has 0 aliphatic carbocycles. The molecular weight excluding hydrogens is 392 g/mol. The first kappa shape index (κ1) is 23.2. The molecular formula is C21H31ClN4O3. The van der Waals surface area contributed by atoms with E-state index in [0.717, 1.165) is 30.5 Å². The van der Waals surface area contributed by atoms with Gasteiger partial charge in [-0.25, -0.2) is 0 Å². The third-order valence-electron chi connectivity index (χ3n) is 5.55. The van der Waals surface area contributed by atoms with Crippen LogP contribution in [0.15, 0.2) is 24.3 Å². The van der Waals surface area contributed by atoms with Crippen LogP contribution in [0.2, 0.25) is 0 Å². The Labute approximate surface area is 178 Å². The molecule has 1 aromatic carbocycles. The minimum atomic E-state index is -0.341. The number of hydrogen-bond donors (Lipinski definition) is 2. The lowest BCUT2D eigenvalue weighted by atomic mass is 9.99. The van der Waals surface area contributed by atoms with Crippen molar-refractivity contribution in [2.45, 2.75) is 45.2 Å². The van der Waals surface area contributed by atoms with E-state index >= 15 is 0 Å². The molecule has 3 rings (SSSR count). The molecule has 2 saturated heterocycles. The second-order valence-electron chi connectivity index (χ2n) is 7.77. The predicted molar refractivity (Wildman–Crippen MR) is 114 cm³/mol. The van der Waals surface area contributed by atoms with Crippen LogP contribution in [0.25, 0.3) is 0 Å². The Kier molecular flexibility index (Phi) is 8.46. The maximum absolute atomic E-state index is 13.0. The summed E-state index contributed by atoms with van der Waals surface area (Å²) in [6, 6.07) is 7.64. The highest BCUT2D eigenvalue weighted by atomic mass is 35.5. The number of hydrogen-bond acceptors (Lipinski definition) is 4. The third kappa shape index (κ3) is 6.18. The summed E-state index contributed by atoms with van der Waals surface area (Å²) in [5, 5.41) is 6.00. The van der Waals surface area contributed by atoms with E-state index in [1.54, 1.807) is 0 Å². The van der Waals surface area contributed by atoms with Crippen molar-refractivity contribution in [3.8, 4) is 0 Å². The fourth-order valence-corrected chi connectivity index (χ4v) is 4.04. The number of benzene rings is 1. The second-order valence-corrected chi connectivity index (χ2v) is 7.77. The van der Waals surface area contributed by atoms with Crippen molar-refractivity contribution in [1.29, 1.82) is 0 Å². The summed E-state index contributed by atoms with van der Waals surface area (Å²) in [6.45, 7) is 6.63. The van der Waals surface area contributed by atoms with Gasteiger partial charge in [0.25, 0.3) is 0 Å². The van der Waals surface area contributed by atoms with Crippen molar-refractivity contribution < 1.29 is 14.4 Å². The summed E-state index contributed by atoms with van der Waals surface area (Å²) >= 11 is 0. The number of carbonyl (C=O) groups is 3. The van der Waals surface area contributed by atoms with Crippen LogP contribution >= 0.6 is 12.4 Å². The molecule has 2 unspecified atom stereocenters. The lowest BCUT2D eigenvalue weighted by molar-refractivity contribution is -0.140. The highest BCUT2D eigenvalue weighted by molar-refractivity contribution is 5.85. The summed E-state index contributed by atoms with van der Waals surface area (Å²) < 4.78 is 0. The predicted octanol–water partition coefficient (Wildman–Crippen LogP) is 1.41. The first-order valence-electron chi connectivity index (χ1n) is 10.1. The summed E-state index contributed by atoms with van der Waals surface area (Å²) in [7, 11) is 0. The maximum Gasteiger partial charge on any atom is 0.236 e. The molecule has 2 fully saturated rings. The zero-order chi connectivity index (χ0) is 20.1. The number of piperazine rings is 1. The lowest BCUT2D eigenvalue weighted by Crippen LogP contribution is -2.57. The fraction of sp³-hybridized carbons (Fsp3) is 0.571. The van der Waals surface area contributed by atoms with E-state index in [4.69, 9.17) is 0 Å². The van der Waals surface area contributed by atoms with Gasteiger partial charge in [-0.15, -0.1) is 12.4 Å². The number of amides is 3. The van der Waals surface area contributed by atoms with Gasteiger partial charge in [-0.3, -0.25) is 14.4 Å². The van der Waals surface area contributed by atoms with E-state index in [0.29, 0.717) is 26.2 Å². The molecule has 0 saturated carbocycles. The van der Waals surface area contributed by atoms with Gasteiger partial charge in [0.2, 0.25) is 17.7 Å². The summed E-state index contributed by atoms with van der Waals surface area (Å²) in [5.74, 6) is -0.0192. The standard InChI is InChI=1S/C21H30N4O3.ClH/c1-15-5-7-17(8-6-15)19(23-16(2)26)12-20(27)24-10-3-4-18(14-24)25-11-9-22-13-21(25)28;/h5-8,18-19,22H,3-4,9-14H2,1-2H3,(H,23,26);1H. The van der Waals surface area contributed by atoms with Gasteiger partial charge in [0.1, 0.15) is 0 Å². The number of rotatable bonds is 5. The summed E-state index contributed by atoms with van der Waals surface area (Å²) in [6.07, 6.45) is 2.05. The van der Waals surface area contributed by atoms with Crippen LogP contribution in [0.5, 0.6) is 0 Å². The Morgan fingerprint density at radius 2 is 1.97 bits per heavy atom. The SMILES string of the molecule is CC(=O)NC(CC(=O)N1CCCC(N2CCNCC2=O)C1)c1ccc(C)cc1.Cl. The molecule has 2 atom stereocenters. The smallest absolute Gasteiger partial charge is 0.236 e. The molecule has 1 aromatic rings. The largest absolute Gasteiger partial charge is 0.349 e. The second kappa shape index (κ2) is 10.6. The Bertz CT molecular complexity index is 725. The van der Waals surface area contributed by atoms with Crippen LogP contribution in [0, 0.1) is 6.92 Å². The monoisotopic (exact) mass is 422 g/mol. The first-order valence-corrected chi connectivity index (χ1v) is 10.1. The normalized spacial score (nSPS) is 20.6. The Balaban J connectivity index is 0.00000300. The van der Waals surface area contributed by atoms with Crippen molar-refractivity contribution in [3.05, 3.63) is 35.4 Å². The molecule has 0 radical (unpaired) electrons. The maximum atomic E-state index is 13.0. The number of likely N-dealkylation sites (tertiary alicyclic amines) is 1. The van der Waals surface area contributed by atoms with Crippen LogP contribution < -0.4 is 10.6 Å². The Morgan fingerprint density at radius 3 is 2.62 bits per heavy atom. The average Bonchev–Trinajstić information content (AvgIpc) is 2.68. The third-order valence-corrected chi connectivity index (χ3v) is 5.55. The van der Waals surface area contributed by atoms with E-state index in [1.165, 1.54) is 6.92 Å². The van der Waals surface area contributed by atoms with E-state index in [9.17, 15) is 14.4 Å². The zero-order valence-electron chi connectivity index (χ0n) is 17.1. The number of piperidine rings is 1. The number of halogens is 1. The van der Waals surface area contributed by atoms with Gasteiger partial charge in [0.05, 0.1) is 19.0 Å². The quantitative estimate of drug-likeness (QED) is 0.751. The number of carbonyl (C=O) groups excluding carboxylic acids is 3. The molecule has 3 amide bonds. The van der Waals surface area contributed by atoms with Crippen molar-refractivity contribution in [1.82, 2.24) is 20.4 Å². The molecule has 7 nitrogen and oxygen atoms in total. The van der Waals surface area contributed by atoms with Crippen LogP contribution in [-0.2, 0) is 14.4 Å². The minimum Gasteiger partial charge on any atom is -0.349 e. The van der Waals surface area contributed by atoms with Gasteiger partial charge in [0, 0.05) is 39.1 Å². The van der Waals surface area contributed by atoms with Gasteiger partial charge >= 0.3 is 0 Å². The van der Waals surface area contributed by atoms with Crippen LogP contribution in [0.3, 0.4) is 0 Å². The van der Waals surface area contributed by atoms with Crippen LogP contribution in [0.1, 0.15) is 43.4 Å². The molecule has 8 heteroatoms. The summed E-state index contributed by atoms with van der Waals surface area (Å²) in [5.41, 5.74) is 2.07. The zero-order valence-corrected chi connectivity index (χ0v) is 18.0. The Hall–Kier alpha value is -2.12. The van der Waals surface area contributed by atoms with Gasteiger partial charge < -0.3 is 20.4 Å². The van der Waals surface area contributed by atoms with E-state index in [2.05, 4.69) is 10.6 Å². The van der Waals surface area contributed by atoms with Gasteiger partial charge in [0.15, 0.2) is 0 Å². The van der Waals surface area contributed by atoms with Crippen LogP contribution in [0.4, 0.5) is 0 Å². The van der Waals surface area contributed by atoms with Crippen molar-refractivity contribution in [2.24, 2.45) is 0 Å². The lowest BCUT2D eigenvalue weighted by Gasteiger charge is -2.41. The topological polar surface area (TPSA) is 81.8 Å². The van der Waals surface area contributed by atoms with Crippen LogP contribution in [-0.4, -0.2) is 66.3 Å².